The van der Waals surface area contributed by atoms with Crippen molar-refractivity contribution in [3.8, 4) is 6.01 Å². The van der Waals surface area contributed by atoms with Crippen LogP contribution in [0.4, 0.5) is 16.4 Å². The lowest BCUT2D eigenvalue weighted by Gasteiger charge is -2.10. The first-order valence-corrected chi connectivity index (χ1v) is 8.16. The number of ether oxygens (including phenoxy) is 1. The van der Waals surface area contributed by atoms with E-state index in [2.05, 4.69) is 20.3 Å². The van der Waals surface area contributed by atoms with E-state index in [0.29, 0.717) is 11.4 Å². The molecular formula is C13H16N6O4S. The molecule has 2 amide bonds. The molecule has 0 spiro atoms. The second kappa shape index (κ2) is 6.66. The molecule has 1 aromatic carbocycles. The molecule has 0 fully saturated rings. The SMILES string of the molecule is COc1nc(C)nc(NC(=O)NS(=O)(=O)c2cc(N)ccc2C)n1. The Labute approximate surface area is 138 Å². The number of carbonyl (C=O) groups is 1. The van der Waals surface area contributed by atoms with Crippen LogP contribution >= 0.6 is 0 Å². The highest BCUT2D eigenvalue weighted by Gasteiger charge is 2.21. The van der Waals surface area contributed by atoms with Crippen molar-refractivity contribution >= 4 is 27.7 Å². The van der Waals surface area contributed by atoms with E-state index in [0.717, 1.165) is 0 Å². The monoisotopic (exact) mass is 352 g/mol. The van der Waals surface area contributed by atoms with E-state index in [1.807, 2.05) is 4.72 Å². The van der Waals surface area contributed by atoms with Crippen LogP contribution in [0.1, 0.15) is 11.4 Å². The van der Waals surface area contributed by atoms with Gasteiger partial charge in [0.15, 0.2) is 0 Å². The first-order valence-electron chi connectivity index (χ1n) is 6.68. The summed E-state index contributed by atoms with van der Waals surface area (Å²) in [5.74, 6) is 0.156. The summed E-state index contributed by atoms with van der Waals surface area (Å²) in [5.41, 5.74) is 6.30. The highest BCUT2D eigenvalue weighted by atomic mass is 32.2. The molecule has 1 heterocycles. The number of urea groups is 1. The molecule has 0 saturated carbocycles. The fraction of sp³-hybridized carbons (Fsp3) is 0.231. The molecule has 0 unspecified atom stereocenters. The molecule has 10 nitrogen and oxygen atoms in total. The van der Waals surface area contributed by atoms with Gasteiger partial charge in [-0.1, -0.05) is 6.07 Å². The Kier molecular flexibility index (Phi) is 4.83. The van der Waals surface area contributed by atoms with Crippen molar-refractivity contribution in [2.45, 2.75) is 18.7 Å². The summed E-state index contributed by atoms with van der Waals surface area (Å²) in [5, 5.41) is 2.21. The van der Waals surface area contributed by atoms with Crippen LogP contribution in [-0.2, 0) is 10.0 Å². The summed E-state index contributed by atoms with van der Waals surface area (Å²) in [4.78, 5) is 23.4. The molecule has 11 heteroatoms. The first kappa shape index (κ1) is 17.4. The molecule has 2 aromatic rings. The highest BCUT2D eigenvalue weighted by Crippen LogP contribution is 2.18. The largest absolute Gasteiger partial charge is 0.467 e. The van der Waals surface area contributed by atoms with Gasteiger partial charge in [0, 0.05) is 5.69 Å². The predicted octanol–water partition coefficient (Wildman–Crippen LogP) is 0.590. The number of methoxy groups -OCH3 is 1. The highest BCUT2D eigenvalue weighted by molar-refractivity contribution is 7.90. The number of anilines is 2. The van der Waals surface area contributed by atoms with E-state index in [1.54, 1.807) is 26.0 Å². The number of benzene rings is 1. The van der Waals surface area contributed by atoms with E-state index >= 15 is 0 Å². The average molecular weight is 352 g/mol. The number of nitrogens with one attached hydrogen (secondary N) is 2. The fourth-order valence-corrected chi connectivity index (χ4v) is 3.00. The number of hydrogen-bond donors (Lipinski definition) is 3. The van der Waals surface area contributed by atoms with Gasteiger partial charge in [-0.15, -0.1) is 0 Å². The van der Waals surface area contributed by atoms with Gasteiger partial charge in [-0.05, 0) is 31.5 Å². The Balaban J connectivity index is 2.20. The molecule has 0 saturated heterocycles. The number of carbonyl (C=O) groups excluding carboxylic acids is 1. The minimum absolute atomic E-state index is 0.00710. The van der Waals surface area contributed by atoms with Gasteiger partial charge in [0.2, 0.25) is 5.95 Å². The summed E-state index contributed by atoms with van der Waals surface area (Å²) in [6.07, 6.45) is 0. The van der Waals surface area contributed by atoms with Gasteiger partial charge >= 0.3 is 12.0 Å². The van der Waals surface area contributed by atoms with Crippen LogP contribution in [0.25, 0.3) is 0 Å². The third-order valence-corrected chi connectivity index (χ3v) is 4.34. The van der Waals surface area contributed by atoms with Crippen molar-refractivity contribution in [2.75, 3.05) is 18.2 Å². The Morgan fingerprint density at radius 2 is 1.92 bits per heavy atom. The molecule has 0 atom stereocenters. The maximum absolute atomic E-state index is 12.3. The number of nitrogens with two attached hydrogens (primary N) is 1. The lowest BCUT2D eigenvalue weighted by molar-refractivity contribution is 0.256. The number of aryl methyl sites for hydroxylation is 2. The summed E-state index contributed by atoms with van der Waals surface area (Å²) in [6.45, 7) is 3.16. The van der Waals surface area contributed by atoms with E-state index in [9.17, 15) is 13.2 Å². The quantitative estimate of drug-likeness (QED) is 0.677. The average Bonchev–Trinajstić information content (AvgIpc) is 2.48. The fourth-order valence-electron chi connectivity index (χ4n) is 1.81. The maximum atomic E-state index is 12.3. The van der Waals surface area contributed by atoms with Crippen molar-refractivity contribution in [1.82, 2.24) is 19.7 Å². The number of sulfonamides is 1. The first-order chi connectivity index (χ1) is 11.2. The molecule has 4 N–H and O–H groups in total. The van der Waals surface area contributed by atoms with Gasteiger partial charge in [-0.3, -0.25) is 5.32 Å². The number of aromatic nitrogens is 3. The van der Waals surface area contributed by atoms with Crippen LogP contribution in [0.5, 0.6) is 6.01 Å². The Hall–Kier alpha value is -2.95. The number of nitrogen functional groups attached to an aromatic ring is 1. The molecule has 0 bridgehead atoms. The van der Waals surface area contributed by atoms with Crippen LogP contribution in [0.2, 0.25) is 0 Å². The summed E-state index contributed by atoms with van der Waals surface area (Å²) < 4.78 is 31.3. The molecule has 0 aliphatic carbocycles. The van der Waals surface area contributed by atoms with Crippen molar-refractivity contribution in [3.63, 3.8) is 0 Å². The molecule has 0 radical (unpaired) electrons. The number of amides is 2. The van der Waals surface area contributed by atoms with E-state index < -0.39 is 16.1 Å². The van der Waals surface area contributed by atoms with Gasteiger partial charge in [0.25, 0.3) is 10.0 Å². The molecule has 128 valence electrons. The van der Waals surface area contributed by atoms with Gasteiger partial charge in [-0.25, -0.2) is 17.9 Å². The molecule has 24 heavy (non-hydrogen) atoms. The minimum Gasteiger partial charge on any atom is -0.467 e. The van der Waals surface area contributed by atoms with Crippen molar-refractivity contribution in [2.24, 2.45) is 0 Å². The second-order valence-corrected chi connectivity index (χ2v) is 6.43. The van der Waals surface area contributed by atoms with Crippen molar-refractivity contribution in [3.05, 3.63) is 29.6 Å². The van der Waals surface area contributed by atoms with Gasteiger partial charge < -0.3 is 10.5 Å². The number of rotatable bonds is 4. The standard InChI is InChI=1S/C13H16N6O4S/c1-7-4-5-9(14)6-10(7)24(21,22)19-12(20)17-11-15-8(2)16-13(18-11)23-3/h4-6H,14H2,1-3H3,(H2,15,16,17,18,19,20). The van der Waals surface area contributed by atoms with Crippen LogP contribution in [0, 0.1) is 13.8 Å². The summed E-state index contributed by atoms with van der Waals surface area (Å²) in [7, 11) is -2.75. The topological polar surface area (TPSA) is 149 Å². The second-order valence-electron chi connectivity index (χ2n) is 4.78. The summed E-state index contributed by atoms with van der Waals surface area (Å²) >= 11 is 0. The molecular weight excluding hydrogens is 336 g/mol. The molecule has 0 aliphatic rings. The van der Waals surface area contributed by atoms with Crippen LogP contribution in [0.15, 0.2) is 23.1 Å². The molecule has 2 rings (SSSR count). The van der Waals surface area contributed by atoms with E-state index in [4.69, 9.17) is 10.5 Å². The normalized spacial score (nSPS) is 11.0. The Morgan fingerprint density at radius 1 is 1.21 bits per heavy atom. The van der Waals surface area contributed by atoms with Crippen LogP contribution in [-0.4, -0.2) is 36.5 Å². The van der Waals surface area contributed by atoms with Crippen molar-refractivity contribution < 1.29 is 17.9 Å². The lowest BCUT2D eigenvalue weighted by atomic mass is 10.2. The number of hydrogen-bond acceptors (Lipinski definition) is 8. The Bertz CT molecular complexity index is 884. The van der Waals surface area contributed by atoms with E-state index in [1.165, 1.54) is 13.2 Å². The predicted molar refractivity (Wildman–Crippen MR) is 86.0 cm³/mol. The van der Waals surface area contributed by atoms with Gasteiger partial charge in [-0.2, -0.15) is 15.0 Å². The van der Waals surface area contributed by atoms with Crippen molar-refractivity contribution in [1.29, 1.82) is 0 Å². The van der Waals surface area contributed by atoms with Gasteiger partial charge in [0.05, 0.1) is 12.0 Å². The summed E-state index contributed by atoms with van der Waals surface area (Å²) in [6, 6.07) is 3.34. The third-order valence-electron chi connectivity index (χ3n) is 2.86. The van der Waals surface area contributed by atoms with Crippen LogP contribution < -0.4 is 20.5 Å². The zero-order valence-electron chi connectivity index (χ0n) is 13.2. The number of nitrogens with zero attached hydrogens (tertiary/aromatic N) is 3. The third kappa shape index (κ3) is 4.07. The minimum atomic E-state index is -4.10. The maximum Gasteiger partial charge on any atom is 0.335 e. The smallest absolute Gasteiger partial charge is 0.335 e. The Morgan fingerprint density at radius 3 is 2.58 bits per heavy atom. The van der Waals surface area contributed by atoms with E-state index in [-0.39, 0.29) is 22.5 Å². The molecule has 1 aromatic heterocycles. The molecule has 0 aliphatic heterocycles. The zero-order valence-corrected chi connectivity index (χ0v) is 14.0. The van der Waals surface area contributed by atoms with Crippen LogP contribution in [0.3, 0.4) is 0 Å². The zero-order chi connectivity index (χ0) is 17.9. The lowest BCUT2D eigenvalue weighted by Crippen LogP contribution is -2.35. The van der Waals surface area contributed by atoms with Gasteiger partial charge in [0.1, 0.15) is 5.82 Å².